The Morgan fingerprint density at radius 1 is 1.03 bits per heavy atom. The lowest BCUT2D eigenvalue weighted by Crippen LogP contribution is -2.24. The lowest BCUT2D eigenvalue weighted by atomic mass is 10.0. The third-order valence-corrected chi connectivity index (χ3v) is 5.49. The maximum atomic E-state index is 14.8. The zero-order valence-electron chi connectivity index (χ0n) is 18.4. The highest BCUT2D eigenvalue weighted by Gasteiger charge is 2.19. The van der Waals surface area contributed by atoms with Crippen molar-refractivity contribution in [1.29, 1.82) is 0 Å². The van der Waals surface area contributed by atoms with Gasteiger partial charge in [-0.05, 0) is 36.4 Å². The van der Waals surface area contributed by atoms with Crippen molar-refractivity contribution in [3.63, 3.8) is 0 Å². The number of halogens is 4. The molecule has 4 aromatic rings. The van der Waals surface area contributed by atoms with Crippen LogP contribution in [0.2, 0.25) is 10.0 Å². The summed E-state index contributed by atoms with van der Waals surface area (Å²) in [5, 5.41) is 12.3. The van der Waals surface area contributed by atoms with Crippen molar-refractivity contribution in [3.05, 3.63) is 87.3 Å². The van der Waals surface area contributed by atoms with Crippen LogP contribution >= 0.6 is 23.2 Å². The summed E-state index contributed by atoms with van der Waals surface area (Å²) in [6, 6.07) is 6.96. The summed E-state index contributed by atoms with van der Waals surface area (Å²) in [7, 11) is 0. The molecular formula is C23H16Cl2F2N6O3. The molecule has 2 amide bonds. The molecule has 4 N–H and O–H groups in total. The zero-order valence-corrected chi connectivity index (χ0v) is 19.9. The number of amides is 2. The van der Waals surface area contributed by atoms with E-state index in [1.54, 1.807) is 6.92 Å². The lowest BCUT2D eigenvalue weighted by Gasteiger charge is -2.12. The quantitative estimate of drug-likeness (QED) is 0.303. The monoisotopic (exact) mass is 532 g/mol. The Balaban J connectivity index is 1.48. The number of rotatable bonds is 6. The topological polar surface area (TPSA) is 136 Å². The first-order valence-corrected chi connectivity index (χ1v) is 11.0. The number of pyridine rings is 1. The van der Waals surface area contributed by atoms with E-state index in [1.807, 2.05) is 0 Å². The maximum Gasteiger partial charge on any atom is 0.271 e. The molecule has 0 fully saturated rings. The Bertz CT molecular complexity index is 1490. The predicted octanol–water partition coefficient (Wildman–Crippen LogP) is 4.79. The van der Waals surface area contributed by atoms with E-state index in [4.69, 9.17) is 33.4 Å². The van der Waals surface area contributed by atoms with Gasteiger partial charge in [0, 0.05) is 23.7 Å². The SMILES string of the molecule is Cc1nnc(CNC(=O)c2ncc(NC(=O)c3cc(F)c(-c4ccc(F)cc4N)cc3Cl)cc2Cl)o1. The normalized spacial score (nSPS) is 10.8. The van der Waals surface area contributed by atoms with Crippen molar-refractivity contribution in [3.8, 4) is 11.1 Å². The second kappa shape index (κ2) is 10.3. The number of hydrogen-bond donors (Lipinski definition) is 3. The van der Waals surface area contributed by atoms with E-state index in [9.17, 15) is 18.4 Å². The van der Waals surface area contributed by atoms with Gasteiger partial charge in [0.25, 0.3) is 11.8 Å². The molecule has 2 heterocycles. The number of carbonyl (C=O) groups excluding carboxylic acids is 2. The fourth-order valence-electron chi connectivity index (χ4n) is 3.23. The van der Waals surface area contributed by atoms with Crippen molar-refractivity contribution in [1.82, 2.24) is 20.5 Å². The van der Waals surface area contributed by atoms with Crippen LogP contribution < -0.4 is 16.4 Å². The van der Waals surface area contributed by atoms with Crippen LogP contribution in [0.15, 0.2) is 47.0 Å². The Morgan fingerprint density at radius 3 is 2.47 bits per heavy atom. The molecule has 0 aliphatic rings. The summed E-state index contributed by atoms with van der Waals surface area (Å²) in [5.74, 6) is -2.16. The predicted molar refractivity (Wildman–Crippen MR) is 129 cm³/mol. The van der Waals surface area contributed by atoms with Gasteiger partial charge in [-0.15, -0.1) is 10.2 Å². The van der Waals surface area contributed by atoms with Gasteiger partial charge >= 0.3 is 0 Å². The molecule has 4 rings (SSSR count). The molecule has 36 heavy (non-hydrogen) atoms. The number of nitrogen functional groups attached to an aromatic ring is 1. The van der Waals surface area contributed by atoms with E-state index in [2.05, 4.69) is 25.8 Å². The third kappa shape index (κ3) is 5.42. The molecule has 0 unspecified atom stereocenters. The molecule has 2 aromatic carbocycles. The summed E-state index contributed by atoms with van der Waals surface area (Å²) in [6.07, 6.45) is 1.20. The van der Waals surface area contributed by atoms with Gasteiger partial charge in [0.05, 0.1) is 34.0 Å². The van der Waals surface area contributed by atoms with Gasteiger partial charge in [-0.2, -0.15) is 0 Å². The second-order valence-electron chi connectivity index (χ2n) is 7.45. The van der Waals surface area contributed by atoms with Crippen LogP contribution in [0.25, 0.3) is 11.1 Å². The van der Waals surface area contributed by atoms with E-state index in [1.165, 1.54) is 24.4 Å². The number of nitrogens with two attached hydrogens (primary N) is 1. The molecule has 0 aliphatic carbocycles. The first kappa shape index (κ1) is 25.0. The summed E-state index contributed by atoms with van der Waals surface area (Å²) in [5.41, 5.74) is 5.88. The zero-order chi connectivity index (χ0) is 26.0. The molecule has 0 saturated heterocycles. The van der Waals surface area contributed by atoms with Gasteiger partial charge in [0.15, 0.2) is 0 Å². The van der Waals surface area contributed by atoms with Gasteiger partial charge in [-0.1, -0.05) is 23.2 Å². The summed E-state index contributed by atoms with van der Waals surface area (Å²) < 4.78 is 33.3. The van der Waals surface area contributed by atoms with Crippen LogP contribution in [-0.2, 0) is 6.54 Å². The number of nitrogens with zero attached hydrogens (tertiary/aromatic N) is 3. The molecule has 0 radical (unpaired) electrons. The van der Waals surface area contributed by atoms with E-state index >= 15 is 0 Å². The smallest absolute Gasteiger partial charge is 0.271 e. The van der Waals surface area contributed by atoms with E-state index < -0.39 is 23.4 Å². The van der Waals surface area contributed by atoms with Gasteiger partial charge in [0.1, 0.15) is 17.3 Å². The highest BCUT2D eigenvalue weighted by atomic mass is 35.5. The Hall–Kier alpha value is -4.09. The van der Waals surface area contributed by atoms with Crippen LogP contribution in [0.3, 0.4) is 0 Å². The maximum absolute atomic E-state index is 14.8. The van der Waals surface area contributed by atoms with Gasteiger partial charge in [-0.3, -0.25) is 9.59 Å². The first-order valence-electron chi connectivity index (χ1n) is 10.2. The third-order valence-electron chi connectivity index (χ3n) is 4.89. The Kier molecular flexibility index (Phi) is 7.13. The number of aromatic nitrogens is 3. The molecule has 9 nitrogen and oxygen atoms in total. The average Bonchev–Trinajstić information content (AvgIpc) is 3.24. The van der Waals surface area contributed by atoms with Crippen LogP contribution in [0.4, 0.5) is 20.2 Å². The van der Waals surface area contributed by atoms with Gasteiger partial charge in [-0.25, -0.2) is 13.8 Å². The molecule has 0 bridgehead atoms. The summed E-state index contributed by atoms with van der Waals surface area (Å²) >= 11 is 12.4. The highest BCUT2D eigenvalue weighted by molar-refractivity contribution is 6.35. The number of hydrogen-bond acceptors (Lipinski definition) is 7. The standard InChI is InChI=1S/C23H16Cl2F2N6O3/c1-10-32-33-20(36-10)9-30-23(35)21-17(25)5-12(8-29-21)31-22(34)15-7-18(27)14(6-16(15)24)13-3-2-11(26)4-19(13)28/h2-8H,9,28H2,1H3,(H,30,35)(H,31,34). The second-order valence-corrected chi connectivity index (χ2v) is 8.26. The van der Waals surface area contributed by atoms with Crippen molar-refractivity contribution in [2.45, 2.75) is 13.5 Å². The molecule has 0 aliphatic heterocycles. The van der Waals surface area contributed by atoms with Crippen LogP contribution in [0.1, 0.15) is 32.6 Å². The average molecular weight is 533 g/mol. The first-order chi connectivity index (χ1) is 17.1. The molecule has 0 spiro atoms. The molecule has 2 aromatic heterocycles. The molecule has 184 valence electrons. The molecular weight excluding hydrogens is 517 g/mol. The Labute approximate surface area is 212 Å². The van der Waals surface area contributed by atoms with Crippen LogP contribution in [0, 0.1) is 18.6 Å². The molecule has 0 atom stereocenters. The van der Waals surface area contributed by atoms with Gasteiger partial charge in [0.2, 0.25) is 11.8 Å². The van der Waals surface area contributed by atoms with Crippen LogP contribution in [0.5, 0.6) is 0 Å². The van der Waals surface area contributed by atoms with Crippen molar-refractivity contribution in [2.75, 3.05) is 11.1 Å². The number of nitrogens with one attached hydrogen (secondary N) is 2. The minimum Gasteiger partial charge on any atom is -0.424 e. The lowest BCUT2D eigenvalue weighted by molar-refractivity contribution is 0.0942. The molecule has 0 saturated carbocycles. The molecule has 13 heteroatoms. The van der Waals surface area contributed by atoms with Gasteiger partial charge < -0.3 is 20.8 Å². The summed E-state index contributed by atoms with van der Waals surface area (Å²) in [6.45, 7) is 1.58. The number of benzene rings is 2. The van der Waals surface area contributed by atoms with Crippen molar-refractivity contribution >= 4 is 46.4 Å². The van der Waals surface area contributed by atoms with Crippen molar-refractivity contribution in [2.24, 2.45) is 0 Å². The number of aryl methyl sites for hydroxylation is 1. The number of carbonyl (C=O) groups is 2. The minimum absolute atomic E-state index is 0.00446. The van der Waals surface area contributed by atoms with E-state index in [-0.39, 0.29) is 56.2 Å². The largest absolute Gasteiger partial charge is 0.424 e. The summed E-state index contributed by atoms with van der Waals surface area (Å²) in [4.78, 5) is 29.1. The fraction of sp³-hybridized carbons (Fsp3) is 0.0870. The fourth-order valence-corrected chi connectivity index (χ4v) is 3.73. The van der Waals surface area contributed by atoms with Crippen molar-refractivity contribution < 1.29 is 22.8 Å². The highest BCUT2D eigenvalue weighted by Crippen LogP contribution is 2.33. The van der Waals surface area contributed by atoms with E-state index in [0.29, 0.717) is 5.89 Å². The minimum atomic E-state index is -0.789. The Morgan fingerprint density at radius 2 is 1.81 bits per heavy atom. The van der Waals surface area contributed by atoms with E-state index in [0.717, 1.165) is 18.2 Å². The van der Waals surface area contributed by atoms with Crippen LogP contribution in [-0.4, -0.2) is 27.0 Å². The number of anilines is 2.